The van der Waals surface area contributed by atoms with Crippen molar-refractivity contribution in [2.45, 2.75) is 65.3 Å². The van der Waals surface area contributed by atoms with E-state index < -0.39 is 0 Å². The maximum atomic E-state index is 12.6. The number of hydrogen-bond acceptors (Lipinski definition) is 3. The number of likely N-dealkylation sites (tertiary alicyclic amines) is 1. The summed E-state index contributed by atoms with van der Waals surface area (Å²) in [5.74, 6) is 1.56. The second-order valence-electron chi connectivity index (χ2n) is 7.59. The average molecular weight is 366 g/mol. The molecule has 2 fully saturated rings. The van der Waals surface area contributed by atoms with Gasteiger partial charge in [-0.3, -0.25) is 9.79 Å². The third kappa shape index (κ3) is 6.45. The third-order valence-corrected chi connectivity index (χ3v) is 5.56. The van der Waals surface area contributed by atoms with Crippen LogP contribution < -0.4 is 10.6 Å². The zero-order valence-electron chi connectivity index (χ0n) is 17.1. The molecule has 1 heterocycles. The molecular weight excluding hydrogens is 326 g/mol. The maximum absolute atomic E-state index is 12.6. The van der Waals surface area contributed by atoms with Crippen LogP contribution in [0.25, 0.3) is 0 Å². The lowest BCUT2D eigenvalue weighted by Crippen LogP contribution is -2.45. The first-order valence-corrected chi connectivity index (χ1v) is 10.7. The summed E-state index contributed by atoms with van der Waals surface area (Å²) < 4.78 is 0. The number of hydrogen-bond donors (Lipinski definition) is 2. The van der Waals surface area contributed by atoms with Gasteiger partial charge < -0.3 is 20.4 Å². The van der Waals surface area contributed by atoms with Crippen molar-refractivity contribution in [1.82, 2.24) is 20.4 Å². The molecule has 1 amide bonds. The number of nitrogens with one attached hydrogen (secondary N) is 2. The van der Waals surface area contributed by atoms with Crippen LogP contribution in [-0.2, 0) is 4.79 Å². The van der Waals surface area contributed by atoms with E-state index in [0.717, 1.165) is 71.0 Å². The fourth-order valence-electron chi connectivity index (χ4n) is 4.07. The van der Waals surface area contributed by atoms with Gasteiger partial charge in [-0.1, -0.05) is 26.7 Å². The van der Waals surface area contributed by atoms with Crippen LogP contribution in [0.4, 0.5) is 0 Å². The lowest BCUT2D eigenvalue weighted by atomic mass is 10.1. The zero-order chi connectivity index (χ0) is 18.8. The van der Waals surface area contributed by atoms with E-state index >= 15 is 0 Å². The Morgan fingerprint density at radius 1 is 1.15 bits per heavy atom. The van der Waals surface area contributed by atoms with Crippen molar-refractivity contribution >= 4 is 11.9 Å². The molecule has 150 valence electrons. The van der Waals surface area contributed by atoms with Crippen molar-refractivity contribution in [3.63, 3.8) is 0 Å². The minimum Gasteiger partial charge on any atom is -0.357 e. The maximum Gasteiger partial charge on any atom is 0.225 e. The van der Waals surface area contributed by atoms with Crippen LogP contribution in [0.15, 0.2) is 4.99 Å². The molecule has 1 saturated carbocycles. The minimum atomic E-state index is 0.286. The molecule has 1 atom stereocenters. The highest BCUT2D eigenvalue weighted by atomic mass is 16.2. The molecule has 0 aromatic heterocycles. The Labute approximate surface area is 159 Å². The number of nitrogens with zero attached hydrogens (tertiary/aromatic N) is 3. The molecule has 2 aliphatic rings. The van der Waals surface area contributed by atoms with E-state index in [1.807, 2.05) is 0 Å². The van der Waals surface area contributed by atoms with Crippen LogP contribution >= 0.6 is 0 Å². The lowest BCUT2D eigenvalue weighted by Gasteiger charge is -2.22. The number of rotatable bonds is 9. The van der Waals surface area contributed by atoms with Crippen molar-refractivity contribution in [2.75, 3.05) is 45.8 Å². The predicted octanol–water partition coefficient (Wildman–Crippen LogP) is 2.06. The highest BCUT2D eigenvalue weighted by Gasteiger charge is 2.32. The van der Waals surface area contributed by atoms with E-state index in [-0.39, 0.29) is 5.92 Å². The first-order valence-electron chi connectivity index (χ1n) is 10.7. The molecule has 1 aliphatic carbocycles. The summed E-state index contributed by atoms with van der Waals surface area (Å²) in [7, 11) is 0. The van der Waals surface area contributed by atoms with Crippen LogP contribution in [0, 0.1) is 5.92 Å². The lowest BCUT2D eigenvalue weighted by molar-refractivity contribution is -0.134. The van der Waals surface area contributed by atoms with Gasteiger partial charge in [-0.25, -0.2) is 0 Å². The summed E-state index contributed by atoms with van der Waals surface area (Å²) >= 11 is 0. The standard InChI is InChI=1S/C20H39N5O/c1-4-13-24(6-3)15-12-22-20(21-5-2)23-18-11-14-25(16-18)19(26)17-9-7-8-10-17/h17-18H,4-16H2,1-3H3,(H2,21,22,23). The number of likely N-dealkylation sites (N-methyl/N-ethyl adjacent to an activating group) is 1. The van der Waals surface area contributed by atoms with Gasteiger partial charge in [-0.05, 0) is 45.7 Å². The number of guanidine groups is 1. The van der Waals surface area contributed by atoms with Crippen molar-refractivity contribution < 1.29 is 4.79 Å². The molecule has 26 heavy (non-hydrogen) atoms. The van der Waals surface area contributed by atoms with Crippen LogP contribution in [0.5, 0.6) is 0 Å². The van der Waals surface area contributed by atoms with Gasteiger partial charge in [-0.15, -0.1) is 0 Å². The predicted molar refractivity (Wildman–Crippen MR) is 108 cm³/mol. The van der Waals surface area contributed by atoms with Crippen LogP contribution in [-0.4, -0.2) is 73.5 Å². The molecule has 6 heteroatoms. The molecule has 6 nitrogen and oxygen atoms in total. The smallest absolute Gasteiger partial charge is 0.225 e. The monoisotopic (exact) mass is 365 g/mol. The summed E-state index contributed by atoms with van der Waals surface area (Å²) in [4.78, 5) is 21.8. The van der Waals surface area contributed by atoms with E-state index in [0.29, 0.717) is 11.9 Å². The van der Waals surface area contributed by atoms with Crippen molar-refractivity contribution in [1.29, 1.82) is 0 Å². The number of amides is 1. The van der Waals surface area contributed by atoms with Gasteiger partial charge in [0.05, 0.1) is 6.54 Å². The Kier molecular flexibility index (Phi) is 9.23. The minimum absolute atomic E-state index is 0.286. The summed E-state index contributed by atoms with van der Waals surface area (Å²) in [6, 6.07) is 0.316. The van der Waals surface area contributed by atoms with E-state index in [1.165, 1.54) is 19.3 Å². The molecule has 1 unspecified atom stereocenters. The molecule has 0 aromatic carbocycles. The Hall–Kier alpha value is -1.30. The zero-order valence-corrected chi connectivity index (χ0v) is 17.1. The normalized spacial score (nSPS) is 21.6. The molecule has 0 bridgehead atoms. The second-order valence-corrected chi connectivity index (χ2v) is 7.59. The summed E-state index contributed by atoms with van der Waals surface area (Å²) in [5, 5.41) is 6.89. The van der Waals surface area contributed by atoms with Gasteiger partial charge in [0.15, 0.2) is 5.96 Å². The highest BCUT2D eigenvalue weighted by Crippen LogP contribution is 2.27. The highest BCUT2D eigenvalue weighted by molar-refractivity contribution is 5.81. The van der Waals surface area contributed by atoms with E-state index in [2.05, 4.69) is 41.2 Å². The number of carbonyl (C=O) groups is 1. The largest absolute Gasteiger partial charge is 0.357 e. The van der Waals surface area contributed by atoms with Crippen LogP contribution in [0.3, 0.4) is 0 Å². The van der Waals surface area contributed by atoms with E-state index in [4.69, 9.17) is 4.99 Å². The van der Waals surface area contributed by atoms with E-state index in [1.54, 1.807) is 0 Å². The molecule has 0 aromatic rings. The topological polar surface area (TPSA) is 60.0 Å². The summed E-state index contributed by atoms with van der Waals surface area (Å²) in [6.07, 6.45) is 6.81. The number of aliphatic imine (C=N–C) groups is 1. The van der Waals surface area contributed by atoms with Gasteiger partial charge in [0.25, 0.3) is 0 Å². The third-order valence-electron chi connectivity index (χ3n) is 5.56. The van der Waals surface area contributed by atoms with Crippen molar-refractivity contribution in [3.8, 4) is 0 Å². The van der Waals surface area contributed by atoms with E-state index in [9.17, 15) is 4.79 Å². The molecule has 2 N–H and O–H groups in total. The Balaban J connectivity index is 1.79. The van der Waals surface area contributed by atoms with Gasteiger partial charge in [-0.2, -0.15) is 0 Å². The molecule has 1 saturated heterocycles. The second kappa shape index (κ2) is 11.4. The van der Waals surface area contributed by atoms with Crippen molar-refractivity contribution in [2.24, 2.45) is 10.9 Å². The summed E-state index contributed by atoms with van der Waals surface area (Å²) in [5.41, 5.74) is 0. The van der Waals surface area contributed by atoms with Gasteiger partial charge >= 0.3 is 0 Å². The van der Waals surface area contributed by atoms with Gasteiger partial charge in [0.2, 0.25) is 5.91 Å². The number of carbonyl (C=O) groups excluding carboxylic acids is 1. The Morgan fingerprint density at radius 3 is 2.58 bits per heavy atom. The Bertz CT molecular complexity index is 447. The molecule has 2 rings (SSSR count). The first kappa shape index (κ1) is 21.0. The first-order chi connectivity index (χ1) is 12.7. The van der Waals surface area contributed by atoms with Gasteiger partial charge in [0.1, 0.15) is 0 Å². The molecule has 1 aliphatic heterocycles. The molecular formula is C20H39N5O. The average Bonchev–Trinajstić information content (AvgIpc) is 3.32. The Morgan fingerprint density at radius 2 is 1.92 bits per heavy atom. The fourth-order valence-corrected chi connectivity index (χ4v) is 4.07. The fraction of sp³-hybridized carbons (Fsp3) is 0.900. The molecule has 0 spiro atoms. The molecule has 0 radical (unpaired) electrons. The van der Waals surface area contributed by atoms with Crippen molar-refractivity contribution in [3.05, 3.63) is 0 Å². The van der Waals surface area contributed by atoms with Gasteiger partial charge in [0, 0.05) is 38.1 Å². The summed E-state index contributed by atoms with van der Waals surface area (Å²) in [6.45, 7) is 13.1. The van der Waals surface area contributed by atoms with Crippen LogP contribution in [0.1, 0.15) is 59.3 Å². The quantitative estimate of drug-likeness (QED) is 0.485. The van der Waals surface area contributed by atoms with Crippen LogP contribution in [0.2, 0.25) is 0 Å². The SMILES string of the molecule is CCCN(CC)CCN=C(NCC)NC1CCN(C(=O)C2CCCC2)C1.